The molecule has 8 nitrogen and oxygen atoms in total. The number of carbonyl (C=O) groups excluding carboxylic acids is 2. The van der Waals surface area contributed by atoms with Crippen LogP contribution in [-0.2, 0) is 16.6 Å². The van der Waals surface area contributed by atoms with Gasteiger partial charge in [0.15, 0.2) is 0 Å². The van der Waals surface area contributed by atoms with Crippen molar-refractivity contribution in [2.45, 2.75) is 12.8 Å². The van der Waals surface area contributed by atoms with Crippen molar-refractivity contribution in [3.63, 3.8) is 0 Å². The first-order chi connectivity index (χ1) is 10.0. The SMILES string of the molecule is C=CC(=O)N1CCC(C(=O)NNc2nc(Br)nn2C)CC1. The fourth-order valence-electron chi connectivity index (χ4n) is 2.17. The number of piperidine rings is 1. The quantitative estimate of drug-likeness (QED) is 0.603. The van der Waals surface area contributed by atoms with E-state index in [1.807, 2.05) is 0 Å². The summed E-state index contributed by atoms with van der Waals surface area (Å²) in [4.78, 5) is 29.3. The van der Waals surface area contributed by atoms with E-state index in [0.717, 1.165) is 0 Å². The number of rotatable bonds is 4. The Labute approximate surface area is 130 Å². The zero-order valence-electron chi connectivity index (χ0n) is 11.7. The fourth-order valence-corrected chi connectivity index (χ4v) is 2.58. The molecule has 2 rings (SSSR count). The van der Waals surface area contributed by atoms with E-state index < -0.39 is 0 Å². The number of halogens is 1. The summed E-state index contributed by atoms with van der Waals surface area (Å²) in [5.74, 6) is 0.119. The molecule has 0 aliphatic carbocycles. The first kappa shape index (κ1) is 15.5. The van der Waals surface area contributed by atoms with E-state index in [0.29, 0.717) is 36.6 Å². The Morgan fingerprint density at radius 2 is 2.10 bits per heavy atom. The van der Waals surface area contributed by atoms with Crippen molar-refractivity contribution in [3.05, 3.63) is 17.4 Å². The summed E-state index contributed by atoms with van der Waals surface area (Å²) in [5.41, 5.74) is 5.36. The first-order valence-electron chi connectivity index (χ1n) is 6.55. The molecule has 0 bridgehead atoms. The van der Waals surface area contributed by atoms with Crippen LogP contribution in [0, 0.1) is 5.92 Å². The number of hydrazine groups is 1. The third kappa shape index (κ3) is 3.81. The summed E-state index contributed by atoms with van der Waals surface area (Å²) in [6.07, 6.45) is 2.57. The maximum Gasteiger partial charge on any atom is 0.245 e. The predicted molar refractivity (Wildman–Crippen MR) is 80.0 cm³/mol. The van der Waals surface area contributed by atoms with Crippen molar-refractivity contribution < 1.29 is 9.59 Å². The minimum atomic E-state index is -0.122. The Bertz CT molecular complexity index is 550. The minimum Gasteiger partial charge on any atom is -0.339 e. The van der Waals surface area contributed by atoms with Crippen molar-refractivity contribution in [2.24, 2.45) is 13.0 Å². The number of amides is 2. The topological polar surface area (TPSA) is 92.2 Å². The van der Waals surface area contributed by atoms with E-state index in [1.165, 1.54) is 10.8 Å². The number of hydrogen-bond acceptors (Lipinski definition) is 5. The minimum absolute atomic E-state index is 0.0871. The second-order valence-electron chi connectivity index (χ2n) is 4.75. The van der Waals surface area contributed by atoms with Crippen molar-refractivity contribution in [2.75, 3.05) is 18.5 Å². The molecule has 2 heterocycles. The lowest BCUT2D eigenvalue weighted by Crippen LogP contribution is -2.44. The number of anilines is 1. The molecule has 0 spiro atoms. The zero-order chi connectivity index (χ0) is 15.4. The van der Waals surface area contributed by atoms with Crippen LogP contribution in [0.1, 0.15) is 12.8 Å². The second kappa shape index (κ2) is 6.70. The molecule has 1 aliphatic heterocycles. The summed E-state index contributed by atoms with van der Waals surface area (Å²) >= 11 is 3.15. The zero-order valence-corrected chi connectivity index (χ0v) is 13.3. The van der Waals surface area contributed by atoms with Crippen molar-refractivity contribution in [3.8, 4) is 0 Å². The Kier molecular flexibility index (Phi) is 4.94. The normalized spacial score (nSPS) is 15.6. The third-order valence-corrected chi connectivity index (χ3v) is 3.72. The van der Waals surface area contributed by atoms with Gasteiger partial charge in [-0.2, -0.15) is 4.98 Å². The molecule has 1 aliphatic rings. The molecule has 114 valence electrons. The average molecular weight is 357 g/mol. The summed E-state index contributed by atoms with van der Waals surface area (Å²) < 4.78 is 1.95. The molecule has 2 amide bonds. The number of nitrogens with zero attached hydrogens (tertiary/aromatic N) is 4. The Morgan fingerprint density at radius 1 is 1.43 bits per heavy atom. The van der Waals surface area contributed by atoms with E-state index >= 15 is 0 Å². The predicted octanol–water partition coefficient (Wildman–Crippen LogP) is 0.445. The highest BCUT2D eigenvalue weighted by Crippen LogP contribution is 2.17. The van der Waals surface area contributed by atoms with E-state index in [2.05, 4.69) is 43.4 Å². The van der Waals surface area contributed by atoms with Gasteiger partial charge < -0.3 is 4.90 Å². The molecule has 1 aromatic heterocycles. The molecule has 1 aromatic rings. The summed E-state index contributed by atoms with van der Waals surface area (Å²) in [6.45, 7) is 4.60. The van der Waals surface area contributed by atoms with Gasteiger partial charge in [0.2, 0.25) is 22.5 Å². The number of carbonyl (C=O) groups is 2. The highest BCUT2D eigenvalue weighted by atomic mass is 79.9. The van der Waals surface area contributed by atoms with Gasteiger partial charge in [-0.15, -0.1) is 5.10 Å². The molecular weight excluding hydrogens is 340 g/mol. The number of nitrogens with one attached hydrogen (secondary N) is 2. The molecule has 2 N–H and O–H groups in total. The van der Waals surface area contributed by atoms with Crippen LogP contribution in [-0.4, -0.2) is 44.6 Å². The highest BCUT2D eigenvalue weighted by Gasteiger charge is 2.26. The van der Waals surface area contributed by atoms with E-state index in [4.69, 9.17) is 0 Å². The molecule has 1 fully saturated rings. The Balaban J connectivity index is 1.81. The van der Waals surface area contributed by atoms with Gasteiger partial charge in [-0.25, -0.2) is 4.68 Å². The van der Waals surface area contributed by atoms with Crippen LogP contribution in [0.5, 0.6) is 0 Å². The van der Waals surface area contributed by atoms with Gasteiger partial charge in [-0.05, 0) is 34.8 Å². The summed E-state index contributed by atoms with van der Waals surface area (Å²) in [7, 11) is 1.71. The lowest BCUT2D eigenvalue weighted by molar-refractivity contribution is -0.131. The van der Waals surface area contributed by atoms with Crippen LogP contribution in [0.3, 0.4) is 0 Å². The molecule has 21 heavy (non-hydrogen) atoms. The first-order valence-corrected chi connectivity index (χ1v) is 7.34. The largest absolute Gasteiger partial charge is 0.339 e. The molecule has 0 unspecified atom stereocenters. The monoisotopic (exact) mass is 356 g/mol. The van der Waals surface area contributed by atoms with Crippen LogP contribution < -0.4 is 10.9 Å². The van der Waals surface area contributed by atoms with Crippen molar-refractivity contribution in [1.29, 1.82) is 0 Å². The number of aryl methyl sites for hydroxylation is 1. The maximum absolute atomic E-state index is 12.1. The molecule has 0 saturated carbocycles. The average Bonchev–Trinajstić information content (AvgIpc) is 2.82. The van der Waals surface area contributed by atoms with Gasteiger partial charge in [0.05, 0.1) is 0 Å². The van der Waals surface area contributed by atoms with Crippen LogP contribution in [0.4, 0.5) is 5.95 Å². The molecular formula is C12H17BrN6O2. The van der Waals surface area contributed by atoms with Crippen molar-refractivity contribution in [1.82, 2.24) is 25.1 Å². The van der Waals surface area contributed by atoms with Crippen LogP contribution in [0.15, 0.2) is 17.4 Å². The van der Waals surface area contributed by atoms with Crippen LogP contribution in [0.2, 0.25) is 0 Å². The lowest BCUT2D eigenvalue weighted by Gasteiger charge is -2.30. The Hall–Kier alpha value is -1.90. The number of hydrogen-bond donors (Lipinski definition) is 2. The smallest absolute Gasteiger partial charge is 0.245 e. The molecule has 0 radical (unpaired) electrons. The van der Waals surface area contributed by atoms with Crippen LogP contribution >= 0.6 is 15.9 Å². The molecule has 1 saturated heterocycles. The standard InChI is InChI=1S/C12H17BrN6O2/c1-3-9(20)19-6-4-8(5-7-19)10(21)15-16-12-14-11(13)17-18(12)2/h3,8H,1,4-7H2,2H3,(H,15,21)(H,14,16,17). The molecule has 0 atom stereocenters. The van der Waals surface area contributed by atoms with Gasteiger partial charge in [0, 0.05) is 26.1 Å². The number of likely N-dealkylation sites (tertiary alicyclic amines) is 1. The maximum atomic E-state index is 12.1. The molecule has 0 aromatic carbocycles. The van der Waals surface area contributed by atoms with Gasteiger partial charge in [-0.1, -0.05) is 6.58 Å². The third-order valence-electron chi connectivity index (χ3n) is 3.39. The van der Waals surface area contributed by atoms with Gasteiger partial charge >= 0.3 is 0 Å². The fraction of sp³-hybridized carbons (Fsp3) is 0.500. The Morgan fingerprint density at radius 3 is 2.62 bits per heavy atom. The number of aromatic nitrogens is 3. The van der Waals surface area contributed by atoms with Crippen molar-refractivity contribution >= 4 is 33.7 Å². The van der Waals surface area contributed by atoms with E-state index in [1.54, 1.807) is 11.9 Å². The second-order valence-corrected chi connectivity index (χ2v) is 5.46. The van der Waals surface area contributed by atoms with Gasteiger partial charge in [-0.3, -0.25) is 20.4 Å². The van der Waals surface area contributed by atoms with Gasteiger partial charge in [0.25, 0.3) is 0 Å². The van der Waals surface area contributed by atoms with E-state index in [-0.39, 0.29) is 17.7 Å². The lowest BCUT2D eigenvalue weighted by atomic mass is 9.96. The van der Waals surface area contributed by atoms with Crippen LogP contribution in [0.25, 0.3) is 0 Å². The van der Waals surface area contributed by atoms with E-state index in [9.17, 15) is 9.59 Å². The summed E-state index contributed by atoms with van der Waals surface area (Å²) in [5, 5.41) is 4.00. The van der Waals surface area contributed by atoms with Gasteiger partial charge in [0.1, 0.15) is 0 Å². The summed E-state index contributed by atoms with van der Waals surface area (Å²) in [6, 6.07) is 0. The molecule has 9 heteroatoms. The highest BCUT2D eigenvalue weighted by molar-refractivity contribution is 9.10.